The van der Waals surface area contributed by atoms with Crippen molar-refractivity contribution in [1.29, 1.82) is 0 Å². The smallest absolute Gasteiger partial charge is 0.462 e. The van der Waals surface area contributed by atoms with Crippen molar-refractivity contribution in [3.8, 4) is 0 Å². The van der Waals surface area contributed by atoms with Gasteiger partial charge < -0.3 is 24.2 Å². The SMILES string of the molecule is CCCCCC/C=C\CCCCCCCC(=O)OCC(COP(=O)(O)OCC(CO)OC(=O)CCCCCCCCCCCCC)OC(=O)CCCCCCC/C=C\CCCCCCCC. The van der Waals surface area contributed by atoms with Crippen molar-refractivity contribution in [3.63, 3.8) is 0 Å². The third-order valence-corrected chi connectivity index (χ3v) is 12.8. The second-order valence-corrected chi connectivity index (χ2v) is 19.8. The molecule has 0 radical (unpaired) electrons. The van der Waals surface area contributed by atoms with Crippen LogP contribution in [0, 0.1) is 0 Å². The predicted molar refractivity (Wildman–Crippen MR) is 270 cm³/mol. The number of hydrogen-bond donors (Lipinski definition) is 2. The molecular formula is C54H101O11P. The van der Waals surface area contributed by atoms with Crippen molar-refractivity contribution in [1.82, 2.24) is 0 Å². The van der Waals surface area contributed by atoms with Gasteiger partial charge in [-0.3, -0.25) is 23.4 Å². The lowest BCUT2D eigenvalue weighted by Crippen LogP contribution is -2.30. The molecule has 0 saturated carbocycles. The number of unbranched alkanes of at least 4 members (excludes halogenated alkanes) is 30. The number of rotatable bonds is 51. The Kier molecular flexibility index (Phi) is 47.9. The Morgan fingerprint density at radius 1 is 0.409 bits per heavy atom. The van der Waals surface area contributed by atoms with Gasteiger partial charge >= 0.3 is 25.7 Å². The van der Waals surface area contributed by atoms with E-state index in [1.165, 1.54) is 109 Å². The lowest BCUT2D eigenvalue weighted by molar-refractivity contribution is -0.161. The van der Waals surface area contributed by atoms with Gasteiger partial charge in [-0.15, -0.1) is 0 Å². The summed E-state index contributed by atoms with van der Waals surface area (Å²) in [5.74, 6) is -1.47. The highest BCUT2D eigenvalue weighted by molar-refractivity contribution is 7.47. The van der Waals surface area contributed by atoms with Gasteiger partial charge in [-0.1, -0.05) is 199 Å². The Morgan fingerprint density at radius 2 is 0.697 bits per heavy atom. The molecule has 0 aliphatic rings. The Morgan fingerprint density at radius 3 is 1.06 bits per heavy atom. The highest BCUT2D eigenvalue weighted by Crippen LogP contribution is 2.43. The summed E-state index contributed by atoms with van der Waals surface area (Å²) in [4.78, 5) is 48.3. The van der Waals surface area contributed by atoms with Crippen molar-refractivity contribution in [2.45, 2.75) is 277 Å². The van der Waals surface area contributed by atoms with Crippen LogP contribution >= 0.6 is 7.82 Å². The van der Waals surface area contributed by atoms with Crippen LogP contribution in [0.4, 0.5) is 0 Å². The number of aliphatic hydroxyl groups is 1. The van der Waals surface area contributed by atoms with E-state index in [4.69, 9.17) is 23.3 Å². The summed E-state index contributed by atoms with van der Waals surface area (Å²) in [7, 11) is -4.74. The standard InChI is InChI=1S/C54H101O11P/c1-4-7-10-13-16-19-22-24-25-27-30-33-36-39-42-45-54(58)65-51(47-61-52(56)43-40-37-34-31-29-26-23-20-17-14-11-8-5-2)49-63-66(59,60)62-48-50(46-55)64-53(57)44-41-38-35-32-28-21-18-15-12-9-6-3/h20,23-25,50-51,55H,4-19,21-22,26-49H2,1-3H3,(H,59,60)/b23-20-,25-24-. The first kappa shape index (κ1) is 64.0. The predicted octanol–water partition coefficient (Wildman–Crippen LogP) is 15.5. The highest BCUT2D eigenvalue weighted by atomic mass is 31.2. The largest absolute Gasteiger partial charge is 0.472 e. The molecule has 0 aromatic rings. The number of carbonyl (C=O) groups is 3. The molecule has 388 valence electrons. The van der Waals surface area contributed by atoms with Crippen LogP contribution in [-0.4, -0.2) is 66.5 Å². The molecule has 0 aromatic heterocycles. The van der Waals surface area contributed by atoms with E-state index < -0.39 is 57.8 Å². The van der Waals surface area contributed by atoms with E-state index in [9.17, 15) is 28.9 Å². The molecule has 0 amide bonds. The van der Waals surface area contributed by atoms with Crippen LogP contribution < -0.4 is 0 Å². The molecule has 12 heteroatoms. The van der Waals surface area contributed by atoms with Crippen molar-refractivity contribution < 1.29 is 52.2 Å². The number of allylic oxidation sites excluding steroid dienone is 4. The van der Waals surface area contributed by atoms with Crippen LogP contribution in [0.1, 0.15) is 265 Å². The van der Waals surface area contributed by atoms with E-state index in [0.717, 1.165) is 96.3 Å². The van der Waals surface area contributed by atoms with Crippen molar-refractivity contribution in [3.05, 3.63) is 24.3 Å². The van der Waals surface area contributed by atoms with Crippen LogP contribution in [0.5, 0.6) is 0 Å². The molecule has 11 nitrogen and oxygen atoms in total. The number of carbonyl (C=O) groups excluding carboxylic acids is 3. The summed E-state index contributed by atoms with van der Waals surface area (Å²) < 4.78 is 39.4. The Bertz CT molecular complexity index is 1210. The molecule has 0 aliphatic heterocycles. The van der Waals surface area contributed by atoms with Gasteiger partial charge in [0.1, 0.15) is 12.7 Å². The summed E-state index contributed by atoms with van der Waals surface area (Å²) in [5, 5.41) is 9.77. The van der Waals surface area contributed by atoms with E-state index in [0.29, 0.717) is 19.3 Å². The zero-order chi connectivity index (χ0) is 48.4. The van der Waals surface area contributed by atoms with Gasteiger partial charge in [0.2, 0.25) is 0 Å². The molecule has 0 aromatic carbocycles. The van der Waals surface area contributed by atoms with E-state index in [-0.39, 0.29) is 25.9 Å². The van der Waals surface area contributed by atoms with Crippen LogP contribution in [0.3, 0.4) is 0 Å². The number of aliphatic hydroxyl groups excluding tert-OH is 1. The fourth-order valence-corrected chi connectivity index (χ4v) is 8.42. The van der Waals surface area contributed by atoms with Gasteiger partial charge in [-0.2, -0.15) is 0 Å². The second kappa shape index (κ2) is 49.4. The lowest BCUT2D eigenvalue weighted by Gasteiger charge is -2.21. The van der Waals surface area contributed by atoms with Crippen LogP contribution in [0.25, 0.3) is 0 Å². The first-order valence-electron chi connectivity index (χ1n) is 27.2. The van der Waals surface area contributed by atoms with Crippen molar-refractivity contribution >= 4 is 25.7 Å². The summed E-state index contributed by atoms with van der Waals surface area (Å²) >= 11 is 0. The van der Waals surface area contributed by atoms with Crippen molar-refractivity contribution in [2.75, 3.05) is 26.4 Å². The number of esters is 3. The fourth-order valence-electron chi connectivity index (χ4n) is 7.64. The molecule has 0 aliphatic carbocycles. The summed E-state index contributed by atoms with van der Waals surface area (Å²) in [6.45, 7) is 4.62. The summed E-state index contributed by atoms with van der Waals surface area (Å²) in [6, 6.07) is 0. The summed E-state index contributed by atoms with van der Waals surface area (Å²) in [5.41, 5.74) is 0. The Balaban J connectivity index is 4.74. The first-order chi connectivity index (χ1) is 32.2. The Hall–Kier alpha value is -2.04. The molecule has 0 fully saturated rings. The molecule has 0 rings (SSSR count). The maximum atomic E-state index is 12.8. The fraction of sp³-hybridized carbons (Fsp3) is 0.870. The lowest BCUT2D eigenvalue weighted by atomic mass is 10.1. The number of ether oxygens (including phenoxy) is 3. The molecule has 66 heavy (non-hydrogen) atoms. The zero-order valence-corrected chi connectivity index (χ0v) is 43.6. The van der Waals surface area contributed by atoms with Crippen LogP contribution in [0.15, 0.2) is 24.3 Å². The zero-order valence-electron chi connectivity index (χ0n) is 42.7. The molecule has 2 N–H and O–H groups in total. The van der Waals surface area contributed by atoms with E-state index in [2.05, 4.69) is 45.1 Å². The minimum Gasteiger partial charge on any atom is -0.462 e. The van der Waals surface area contributed by atoms with Crippen LogP contribution in [0.2, 0.25) is 0 Å². The molecule has 0 heterocycles. The minimum atomic E-state index is -4.74. The topological polar surface area (TPSA) is 155 Å². The molecule has 0 spiro atoms. The second-order valence-electron chi connectivity index (χ2n) is 18.4. The Labute approximate surface area is 404 Å². The monoisotopic (exact) mass is 957 g/mol. The van der Waals surface area contributed by atoms with Gasteiger partial charge in [0, 0.05) is 19.3 Å². The quantitative estimate of drug-likeness (QED) is 0.0197. The number of phosphoric acid groups is 1. The average molecular weight is 957 g/mol. The van der Waals surface area contributed by atoms with Gasteiger partial charge in [-0.05, 0) is 70.6 Å². The molecular weight excluding hydrogens is 856 g/mol. The maximum Gasteiger partial charge on any atom is 0.472 e. The number of hydrogen-bond acceptors (Lipinski definition) is 10. The highest BCUT2D eigenvalue weighted by Gasteiger charge is 2.28. The normalized spacial score (nSPS) is 13.6. The third-order valence-electron chi connectivity index (χ3n) is 11.8. The molecule has 0 bridgehead atoms. The van der Waals surface area contributed by atoms with E-state index in [1.54, 1.807) is 0 Å². The molecule has 3 atom stereocenters. The third kappa shape index (κ3) is 47.0. The van der Waals surface area contributed by atoms with Gasteiger partial charge in [0.25, 0.3) is 0 Å². The molecule has 0 saturated heterocycles. The molecule has 3 unspecified atom stereocenters. The van der Waals surface area contributed by atoms with Crippen molar-refractivity contribution in [2.24, 2.45) is 0 Å². The summed E-state index contributed by atoms with van der Waals surface area (Å²) in [6.07, 6.45) is 47.1. The average Bonchev–Trinajstić information content (AvgIpc) is 3.30. The van der Waals surface area contributed by atoms with Gasteiger partial charge in [0.15, 0.2) is 6.10 Å². The van der Waals surface area contributed by atoms with Gasteiger partial charge in [-0.25, -0.2) is 4.57 Å². The number of phosphoric ester groups is 1. The minimum absolute atomic E-state index is 0.160. The maximum absolute atomic E-state index is 12.8. The van der Waals surface area contributed by atoms with Gasteiger partial charge in [0.05, 0.1) is 19.8 Å². The van der Waals surface area contributed by atoms with Crippen LogP contribution in [-0.2, 0) is 42.2 Å². The van der Waals surface area contributed by atoms with E-state index in [1.807, 2.05) is 0 Å². The van der Waals surface area contributed by atoms with E-state index >= 15 is 0 Å². The first-order valence-corrected chi connectivity index (χ1v) is 28.7.